The Bertz CT molecular complexity index is 1200. The van der Waals surface area contributed by atoms with Crippen molar-refractivity contribution in [3.63, 3.8) is 0 Å². The van der Waals surface area contributed by atoms with Gasteiger partial charge in [-0.25, -0.2) is 14.0 Å². The molecule has 33 heavy (non-hydrogen) atoms. The Labute approximate surface area is 189 Å². The zero-order valence-electron chi connectivity index (χ0n) is 17.7. The number of carboxylic acids is 1. The number of nitrogens with one attached hydrogen (secondary N) is 2. The average Bonchev–Trinajstić information content (AvgIpc) is 3.11. The van der Waals surface area contributed by atoms with E-state index in [-0.39, 0.29) is 23.8 Å². The lowest BCUT2D eigenvalue weighted by Crippen LogP contribution is -2.42. The van der Waals surface area contributed by atoms with Crippen LogP contribution in [0.15, 0.2) is 66.7 Å². The molecule has 0 fully saturated rings. The lowest BCUT2D eigenvalue weighted by molar-refractivity contribution is -0.117. The minimum absolute atomic E-state index is 0.0291. The van der Waals surface area contributed by atoms with Gasteiger partial charge in [-0.1, -0.05) is 48.5 Å². The van der Waals surface area contributed by atoms with Crippen molar-refractivity contribution in [2.75, 3.05) is 11.9 Å². The van der Waals surface area contributed by atoms with Crippen molar-refractivity contribution in [3.8, 4) is 11.1 Å². The van der Waals surface area contributed by atoms with Crippen LogP contribution in [0, 0.1) is 5.82 Å². The van der Waals surface area contributed by atoms with Gasteiger partial charge < -0.3 is 20.5 Å². The van der Waals surface area contributed by atoms with Gasteiger partial charge in [0.05, 0.1) is 5.56 Å². The molecule has 1 atom stereocenters. The Morgan fingerprint density at radius 1 is 1.00 bits per heavy atom. The van der Waals surface area contributed by atoms with Gasteiger partial charge in [-0.15, -0.1) is 0 Å². The summed E-state index contributed by atoms with van der Waals surface area (Å²) in [5, 5.41) is 13.8. The summed E-state index contributed by atoms with van der Waals surface area (Å²) in [7, 11) is 0. The fourth-order valence-electron chi connectivity index (χ4n) is 3.92. The predicted molar refractivity (Wildman–Crippen MR) is 120 cm³/mol. The van der Waals surface area contributed by atoms with E-state index in [1.165, 1.54) is 6.92 Å². The van der Waals surface area contributed by atoms with Crippen molar-refractivity contribution < 1.29 is 28.6 Å². The molecule has 0 saturated carbocycles. The molecule has 0 saturated heterocycles. The minimum Gasteiger partial charge on any atom is -0.478 e. The van der Waals surface area contributed by atoms with E-state index in [0.29, 0.717) is 0 Å². The van der Waals surface area contributed by atoms with E-state index in [4.69, 9.17) is 9.84 Å². The fourth-order valence-corrected chi connectivity index (χ4v) is 3.92. The van der Waals surface area contributed by atoms with E-state index < -0.39 is 29.8 Å². The molecule has 3 N–H and O–H groups in total. The summed E-state index contributed by atoms with van der Waals surface area (Å²) >= 11 is 0. The third-order valence-corrected chi connectivity index (χ3v) is 5.48. The van der Waals surface area contributed by atoms with E-state index in [2.05, 4.69) is 10.6 Å². The van der Waals surface area contributed by atoms with Crippen LogP contribution in [0.5, 0.6) is 0 Å². The molecular weight excluding hydrogens is 427 g/mol. The molecule has 3 aromatic rings. The highest BCUT2D eigenvalue weighted by Gasteiger charge is 2.29. The molecule has 0 spiro atoms. The maximum Gasteiger partial charge on any atom is 0.407 e. The van der Waals surface area contributed by atoms with E-state index in [1.54, 1.807) is 0 Å². The second kappa shape index (κ2) is 9.12. The summed E-state index contributed by atoms with van der Waals surface area (Å²) in [6.45, 7) is 1.54. The number of halogens is 1. The van der Waals surface area contributed by atoms with Crippen molar-refractivity contribution in [1.29, 1.82) is 0 Å². The second-order valence-electron chi connectivity index (χ2n) is 7.71. The number of ether oxygens (including phenoxy) is 1. The van der Waals surface area contributed by atoms with E-state index in [9.17, 15) is 18.8 Å². The Morgan fingerprint density at radius 3 is 2.21 bits per heavy atom. The molecule has 0 radical (unpaired) electrons. The summed E-state index contributed by atoms with van der Waals surface area (Å²) in [6, 6.07) is 17.8. The van der Waals surface area contributed by atoms with Crippen molar-refractivity contribution in [1.82, 2.24) is 5.32 Å². The number of carbonyl (C=O) groups excluding carboxylic acids is 2. The lowest BCUT2D eigenvalue weighted by atomic mass is 9.98. The Balaban J connectivity index is 1.37. The van der Waals surface area contributed by atoms with Crippen LogP contribution in [-0.4, -0.2) is 35.7 Å². The van der Waals surface area contributed by atoms with Gasteiger partial charge in [0.15, 0.2) is 0 Å². The van der Waals surface area contributed by atoms with E-state index >= 15 is 0 Å². The molecule has 3 aromatic carbocycles. The first-order chi connectivity index (χ1) is 15.8. The molecule has 8 heteroatoms. The Hall–Kier alpha value is -4.20. The summed E-state index contributed by atoms with van der Waals surface area (Å²) in [4.78, 5) is 35.8. The predicted octanol–water partition coefficient (Wildman–Crippen LogP) is 4.39. The summed E-state index contributed by atoms with van der Waals surface area (Å²) in [5.74, 6) is -2.89. The van der Waals surface area contributed by atoms with Crippen LogP contribution in [-0.2, 0) is 9.53 Å². The summed E-state index contributed by atoms with van der Waals surface area (Å²) < 4.78 is 19.0. The number of carboxylic acid groups (broad SMARTS) is 1. The number of carbonyl (C=O) groups is 3. The van der Waals surface area contributed by atoms with Crippen molar-refractivity contribution >= 4 is 23.7 Å². The number of hydrogen-bond donors (Lipinski definition) is 3. The molecule has 0 aromatic heterocycles. The van der Waals surface area contributed by atoms with Gasteiger partial charge in [-0.05, 0) is 47.4 Å². The molecule has 168 valence electrons. The second-order valence-corrected chi connectivity index (χ2v) is 7.71. The standard InChI is InChI=1S/C25H21FN2O5/c1-14(23(29)28-17-11-15(24(30)31)10-16(26)12-17)27-25(32)33-13-22-20-8-4-2-6-18(20)19-7-3-5-9-21(19)22/h2-12,14,22H,13H2,1H3,(H,27,32)(H,28,29)(H,30,31)/t14-/m1/s1. The van der Waals surface area contributed by atoms with Crippen LogP contribution >= 0.6 is 0 Å². The molecule has 4 rings (SSSR count). The Kier molecular flexibility index (Phi) is 6.08. The van der Waals surface area contributed by atoms with Crippen molar-refractivity contribution in [2.24, 2.45) is 0 Å². The molecule has 1 aliphatic rings. The Morgan fingerprint density at radius 2 is 1.61 bits per heavy atom. The maximum atomic E-state index is 13.6. The van der Waals surface area contributed by atoms with Crippen LogP contribution in [0.2, 0.25) is 0 Å². The molecule has 1 aliphatic carbocycles. The van der Waals surface area contributed by atoms with Crippen LogP contribution in [0.3, 0.4) is 0 Å². The smallest absolute Gasteiger partial charge is 0.407 e. The maximum absolute atomic E-state index is 13.6. The highest BCUT2D eigenvalue weighted by Crippen LogP contribution is 2.44. The highest BCUT2D eigenvalue weighted by atomic mass is 19.1. The number of anilines is 1. The van der Waals surface area contributed by atoms with E-state index in [0.717, 1.165) is 40.5 Å². The van der Waals surface area contributed by atoms with Gasteiger partial charge in [0.2, 0.25) is 5.91 Å². The molecule has 0 unspecified atom stereocenters. The van der Waals surface area contributed by atoms with Gasteiger partial charge in [-0.2, -0.15) is 0 Å². The number of alkyl carbamates (subject to hydrolysis) is 1. The van der Waals surface area contributed by atoms with Crippen LogP contribution < -0.4 is 10.6 Å². The SMILES string of the molecule is C[C@@H](NC(=O)OCC1c2ccccc2-c2ccccc21)C(=O)Nc1cc(F)cc(C(=O)O)c1. The average molecular weight is 448 g/mol. The lowest BCUT2D eigenvalue weighted by Gasteiger charge is -2.17. The first-order valence-electron chi connectivity index (χ1n) is 10.3. The fraction of sp³-hybridized carbons (Fsp3) is 0.160. The molecule has 7 nitrogen and oxygen atoms in total. The van der Waals surface area contributed by atoms with Gasteiger partial charge in [0.1, 0.15) is 18.5 Å². The first-order valence-corrected chi connectivity index (χ1v) is 10.3. The molecule has 0 bridgehead atoms. The monoisotopic (exact) mass is 448 g/mol. The first kappa shape index (κ1) is 22.0. The van der Waals surface area contributed by atoms with Gasteiger partial charge in [0.25, 0.3) is 0 Å². The number of hydrogen-bond acceptors (Lipinski definition) is 4. The molecular formula is C25H21FN2O5. The van der Waals surface area contributed by atoms with E-state index in [1.807, 2.05) is 48.5 Å². The number of aromatic carboxylic acids is 1. The van der Waals surface area contributed by atoms with Crippen LogP contribution in [0.1, 0.15) is 34.3 Å². The van der Waals surface area contributed by atoms with Crippen molar-refractivity contribution in [3.05, 3.63) is 89.2 Å². The quantitative estimate of drug-likeness (QED) is 0.519. The van der Waals surface area contributed by atoms with Crippen LogP contribution in [0.4, 0.5) is 14.9 Å². The minimum atomic E-state index is -1.32. The van der Waals surface area contributed by atoms with Gasteiger partial charge >= 0.3 is 12.1 Å². The van der Waals surface area contributed by atoms with Gasteiger partial charge in [0, 0.05) is 11.6 Å². The molecule has 2 amide bonds. The third-order valence-electron chi connectivity index (χ3n) is 5.48. The largest absolute Gasteiger partial charge is 0.478 e. The van der Waals surface area contributed by atoms with Crippen LogP contribution in [0.25, 0.3) is 11.1 Å². The van der Waals surface area contributed by atoms with Crippen molar-refractivity contribution in [2.45, 2.75) is 18.9 Å². The number of rotatable bonds is 6. The number of amides is 2. The summed E-state index contributed by atoms with van der Waals surface area (Å²) in [6.07, 6.45) is -0.773. The zero-order valence-corrected chi connectivity index (χ0v) is 17.7. The molecule has 0 heterocycles. The molecule has 0 aliphatic heterocycles. The zero-order chi connectivity index (χ0) is 23.5. The number of fused-ring (bicyclic) bond motifs is 3. The highest BCUT2D eigenvalue weighted by molar-refractivity contribution is 5.97. The number of benzene rings is 3. The normalized spacial score (nSPS) is 12.9. The summed E-state index contributed by atoms with van der Waals surface area (Å²) in [5.41, 5.74) is 4.01. The topological polar surface area (TPSA) is 105 Å². The van der Waals surface area contributed by atoms with Gasteiger partial charge in [-0.3, -0.25) is 4.79 Å². The third kappa shape index (κ3) is 4.69.